The van der Waals surface area contributed by atoms with Crippen LogP contribution in [0.5, 0.6) is 0 Å². The van der Waals surface area contributed by atoms with E-state index in [2.05, 4.69) is 10.6 Å². The average molecular weight is 320 g/mol. The van der Waals surface area contributed by atoms with Gasteiger partial charge in [0.1, 0.15) is 6.04 Å². The Morgan fingerprint density at radius 2 is 1.74 bits per heavy atom. The summed E-state index contributed by atoms with van der Waals surface area (Å²) in [7, 11) is 0. The van der Waals surface area contributed by atoms with Crippen molar-refractivity contribution in [3.63, 3.8) is 0 Å². The maximum absolute atomic E-state index is 12.5. The van der Waals surface area contributed by atoms with Crippen molar-refractivity contribution >= 4 is 12.0 Å². The number of nitrogens with one attached hydrogen (secondary N) is 2. The second-order valence-corrected chi connectivity index (χ2v) is 7.12. The van der Waals surface area contributed by atoms with Crippen LogP contribution < -0.4 is 10.6 Å². The third-order valence-corrected chi connectivity index (χ3v) is 2.94. The molecule has 1 unspecified atom stereocenters. The SMILES string of the molecule is CC(C)COC(=O)NC(Cc1ccccc1)C(=O)NC(C)(C)C. The lowest BCUT2D eigenvalue weighted by molar-refractivity contribution is -0.124. The first kappa shape index (κ1) is 19.0. The summed E-state index contributed by atoms with van der Waals surface area (Å²) in [6.07, 6.45) is -0.150. The number of ether oxygens (including phenoxy) is 1. The molecular weight excluding hydrogens is 292 g/mol. The number of benzene rings is 1. The molecule has 0 aliphatic heterocycles. The van der Waals surface area contributed by atoms with E-state index in [1.165, 1.54) is 0 Å². The van der Waals surface area contributed by atoms with Crippen LogP contribution in [0.3, 0.4) is 0 Å². The molecule has 1 rings (SSSR count). The highest BCUT2D eigenvalue weighted by Crippen LogP contribution is 2.07. The molecule has 0 spiro atoms. The fraction of sp³-hybridized carbons (Fsp3) is 0.556. The lowest BCUT2D eigenvalue weighted by Gasteiger charge is -2.25. The van der Waals surface area contributed by atoms with Crippen molar-refractivity contribution in [1.29, 1.82) is 0 Å². The van der Waals surface area contributed by atoms with Crippen LogP contribution in [0, 0.1) is 5.92 Å². The van der Waals surface area contributed by atoms with Crippen molar-refractivity contribution in [3.8, 4) is 0 Å². The Morgan fingerprint density at radius 3 is 2.26 bits per heavy atom. The smallest absolute Gasteiger partial charge is 0.407 e. The molecule has 0 aromatic heterocycles. The highest BCUT2D eigenvalue weighted by atomic mass is 16.5. The monoisotopic (exact) mass is 320 g/mol. The molecule has 0 heterocycles. The Morgan fingerprint density at radius 1 is 1.13 bits per heavy atom. The summed E-state index contributed by atoms with van der Waals surface area (Å²) in [5.41, 5.74) is 0.612. The first-order valence-corrected chi connectivity index (χ1v) is 7.96. The number of alkyl carbamates (subject to hydrolysis) is 1. The van der Waals surface area contributed by atoms with Crippen LogP contribution in [0.1, 0.15) is 40.2 Å². The highest BCUT2D eigenvalue weighted by molar-refractivity contribution is 5.86. The third-order valence-electron chi connectivity index (χ3n) is 2.94. The minimum Gasteiger partial charge on any atom is -0.449 e. The van der Waals surface area contributed by atoms with Gasteiger partial charge in [-0.1, -0.05) is 44.2 Å². The minimum absolute atomic E-state index is 0.220. The molecule has 0 bridgehead atoms. The summed E-state index contributed by atoms with van der Waals surface area (Å²) in [6, 6.07) is 8.92. The number of hydrogen-bond donors (Lipinski definition) is 2. The van der Waals surface area contributed by atoms with Gasteiger partial charge in [-0.2, -0.15) is 0 Å². The molecule has 5 nitrogen and oxygen atoms in total. The lowest BCUT2D eigenvalue weighted by atomic mass is 10.0. The van der Waals surface area contributed by atoms with Crippen LogP contribution in [0.25, 0.3) is 0 Å². The lowest BCUT2D eigenvalue weighted by Crippen LogP contribution is -2.53. The van der Waals surface area contributed by atoms with Crippen LogP contribution in [0.4, 0.5) is 4.79 Å². The zero-order valence-corrected chi connectivity index (χ0v) is 14.7. The van der Waals surface area contributed by atoms with Crippen molar-refractivity contribution in [2.45, 2.75) is 52.6 Å². The molecule has 23 heavy (non-hydrogen) atoms. The van der Waals surface area contributed by atoms with Gasteiger partial charge in [-0.25, -0.2) is 4.79 Å². The molecule has 0 aliphatic rings. The fourth-order valence-corrected chi connectivity index (χ4v) is 1.94. The van der Waals surface area contributed by atoms with Crippen LogP contribution in [-0.2, 0) is 16.0 Å². The molecule has 1 aromatic carbocycles. The van der Waals surface area contributed by atoms with E-state index in [9.17, 15) is 9.59 Å². The number of carbonyl (C=O) groups is 2. The molecule has 128 valence electrons. The van der Waals surface area contributed by atoms with Gasteiger partial charge in [-0.15, -0.1) is 0 Å². The van der Waals surface area contributed by atoms with Crippen molar-refractivity contribution < 1.29 is 14.3 Å². The van der Waals surface area contributed by atoms with Gasteiger partial charge in [-0.3, -0.25) is 4.79 Å². The summed E-state index contributed by atoms with van der Waals surface area (Å²) < 4.78 is 5.12. The Balaban J connectivity index is 2.75. The van der Waals surface area contributed by atoms with Crippen LogP contribution in [-0.4, -0.2) is 30.2 Å². The van der Waals surface area contributed by atoms with Gasteiger partial charge < -0.3 is 15.4 Å². The summed E-state index contributed by atoms with van der Waals surface area (Å²) >= 11 is 0. The largest absolute Gasteiger partial charge is 0.449 e. The van der Waals surface area contributed by atoms with E-state index in [0.717, 1.165) is 5.56 Å². The summed E-state index contributed by atoms with van der Waals surface area (Å²) in [6.45, 7) is 9.96. The van der Waals surface area contributed by atoms with Crippen molar-refractivity contribution in [2.75, 3.05) is 6.61 Å². The number of carbonyl (C=O) groups excluding carboxylic acids is 2. The Kier molecular flexibility index (Phi) is 7.07. The molecule has 0 fully saturated rings. The predicted molar refractivity (Wildman–Crippen MR) is 91.2 cm³/mol. The van der Waals surface area contributed by atoms with Gasteiger partial charge in [-0.05, 0) is 32.3 Å². The van der Waals surface area contributed by atoms with E-state index in [4.69, 9.17) is 4.74 Å². The van der Waals surface area contributed by atoms with Crippen molar-refractivity contribution in [3.05, 3.63) is 35.9 Å². The van der Waals surface area contributed by atoms with Crippen LogP contribution >= 0.6 is 0 Å². The van der Waals surface area contributed by atoms with Gasteiger partial charge in [0.25, 0.3) is 0 Å². The molecule has 5 heteroatoms. The van der Waals surface area contributed by atoms with Crippen molar-refractivity contribution in [1.82, 2.24) is 10.6 Å². The Bertz CT molecular complexity index is 507. The van der Waals surface area contributed by atoms with Gasteiger partial charge >= 0.3 is 6.09 Å². The molecule has 1 aromatic rings. The van der Waals surface area contributed by atoms with E-state index in [1.807, 2.05) is 65.0 Å². The predicted octanol–water partition coefficient (Wildman–Crippen LogP) is 2.89. The van der Waals surface area contributed by atoms with Gasteiger partial charge in [0.2, 0.25) is 5.91 Å². The molecule has 2 amide bonds. The van der Waals surface area contributed by atoms with E-state index in [1.54, 1.807) is 0 Å². The highest BCUT2D eigenvalue weighted by Gasteiger charge is 2.25. The number of hydrogen-bond acceptors (Lipinski definition) is 3. The zero-order chi connectivity index (χ0) is 17.5. The molecule has 0 radical (unpaired) electrons. The average Bonchev–Trinajstić information content (AvgIpc) is 2.43. The van der Waals surface area contributed by atoms with Gasteiger partial charge in [0.05, 0.1) is 6.61 Å². The topological polar surface area (TPSA) is 67.4 Å². The zero-order valence-electron chi connectivity index (χ0n) is 14.7. The molecule has 0 saturated heterocycles. The molecule has 0 aliphatic carbocycles. The minimum atomic E-state index is -0.670. The number of rotatable bonds is 6. The fourth-order valence-electron chi connectivity index (χ4n) is 1.94. The maximum atomic E-state index is 12.5. The normalized spacial score (nSPS) is 12.6. The maximum Gasteiger partial charge on any atom is 0.407 e. The summed E-state index contributed by atoms with van der Waals surface area (Å²) in [5, 5.41) is 5.57. The quantitative estimate of drug-likeness (QED) is 0.847. The number of amides is 2. The van der Waals surface area contributed by atoms with Gasteiger partial charge in [0, 0.05) is 12.0 Å². The van der Waals surface area contributed by atoms with Crippen molar-refractivity contribution in [2.24, 2.45) is 5.92 Å². The summed E-state index contributed by atoms with van der Waals surface area (Å²) in [4.78, 5) is 24.4. The Labute approximate surface area is 138 Å². The van der Waals surface area contributed by atoms with E-state index in [-0.39, 0.29) is 17.4 Å². The molecule has 0 saturated carbocycles. The van der Waals surface area contributed by atoms with E-state index in [0.29, 0.717) is 13.0 Å². The molecular formula is C18H28N2O3. The summed E-state index contributed by atoms with van der Waals surface area (Å²) in [5.74, 6) is 0.0274. The first-order valence-electron chi connectivity index (χ1n) is 7.96. The Hall–Kier alpha value is -2.04. The van der Waals surface area contributed by atoms with E-state index < -0.39 is 12.1 Å². The standard InChI is InChI=1S/C18H28N2O3/c1-13(2)12-23-17(22)19-15(16(21)20-18(3,4)5)11-14-9-7-6-8-10-14/h6-10,13,15H,11-12H2,1-5H3,(H,19,22)(H,20,21). The van der Waals surface area contributed by atoms with E-state index >= 15 is 0 Å². The van der Waals surface area contributed by atoms with Crippen LogP contribution in [0.2, 0.25) is 0 Å². The second kappa shape index (κ2) is 8.56. The van der Waals surface area contributed by atoms with Gasteiger partial charge in [0.15, 0.2) is 0 Å². The second-order valence-electron chi connectivity index (χ2n) is 7.12. The van der Waals surface area contributed by atoms with Crippen LogP contribution in [0.15, 0.2) is 30.3 Å². The molecule has 2 N–H and O–H groups in total. The third kappa shape index (κ3) is 8.24. The first-order chi connectivity index (χ1) is 10.7. The molecule has 1 atom stereocenters.